The first-order valence-corrected chi connectivity index (χ1v) is 24.7. The smallest absolute Gasteiger partial charge is 0.311 e. The summed E-state index contributed by atoms with van der Waals surface area (Å²) in [6.07, 6.45) is 17.8. The van der Waals surface area contributed by atoms with Crippen LogP contribution in [0.5, 0.6) is 0 Å². The van der Waals surface area contributed by atoms with Gasteiger partial charge in [-0.3, -0.25) is 9.59 Å². The van der Waals surface area contributed by atoms with Crippen molar-refractivity contribution in [3.8, 4) is 0 Å². The van der Waals surface area contributed by atoms with Gasteiger partial charge >= 0.3 is 10.5 Å². The van der Waals surface area contributed by atoms with Crippen LogP contribution in [0.2, 0.25) is 0 Å². The van der Waals surface area contributed by atoms with Crippen LogP contribution in [0.25, 0.3) is 32.3 Å². The molecule has 0 aliphatic rings. The third kappa shape index (κ3) is 18.9. The molecule has 0 saturated carbocycles. The third-order valence-electron chi connectivity index (χ3n) is 10.8. The number of aliphatic hydroxyl groups is 2. The normalized spacial score (nSPS) is 12.6. The number of nitrogens with one attached hydrogen (secondary N) is 3. The zero-order valence-corrected chi connectivity index (χ0v) is 37.6. The second-order valence-corrected chi connectivity index (χ2v) is 18.7. The van der Waals surface area contributed by atoms with Gasteiger partial charge in [0.15, 0.2) is 0 Å². The van der Waals surface area contributed by atoms with Crippen molar-refractivity contribution in [3.63, 3.8) is 0 Å². The number of nitrogens with zero attached hydrogens (tertiary/aromatic N) is 1. The highest BCUT2D eigenvalue weighted by Gasteiger charge is 2.19. The van der Waals surface area contributed by atoms with Gasteiger partial charge in [-0.1, -0.05) is 139 Å². The topological polar surface area (TPSA) is 191 Å². The van der Waals surface area contributed by atoms with E-state index in [1.54, 1.807) is 6.07 Å². The number of hydrogen-bond donors (Lipinski definition) is 5. The molecule has 2 unspecified atom stereocenters. The summed E-state index contributed by atoms with van der Waals surface area (Å²) in [4.78, 5) is 23.5. The predicted molar refractivity (Wildman–Crippen MR) is 243 cm³/mol. The molecule has 12 nitrogen and oxygen atoms in total. The minimum atomic E-state index is -3.60. The number of sulfonamides is 1. The standard InChI is InChI=1S/C31H40N2O4S.C15H30N2O4S/c1-23(22-34)21-29(35)32-19-8-6-4-2-3-5-7-9-20-33-38(36,37)28-18-16-26-14-13-24-11-10-12-25-15-17-27(28)31(26)30(24)25;1-14(13-18)12-15(19)16-10-8-6-4-2-3-5-7-9-11-17-22(20)21/h10-18,23,33-34H,2-9,19-22H2,1H3,(H,32,35);14,18H,2-13H2,1H3,(H,16,19). The van der Waals surface area contributed by atoms with Gasteiger partial charge < -0.3 is 20.8 Å². The molecule has 0 heterocycles. The minimum absolute atomic E-state index is 0.0119. The van der Waals surface area contributed by atoms with Crippen LogP contribution < -0.4 is 15.4 Å². The summed E-state index contributed by atoms with van der Waals surface area (Å²) < 4.78 is 53.0. The summed E-state index contributed by atoms with van der Waals surface area (Å²) in [6, 6.07) is 17.9. The Labute approximate surface area is 359 Å². The summed E-state index contributed by atoms with van der Waals surface area (Å²) in [6.45, 7) is 6.07. The predicted octanol–water partition coefficient (Wildman–Crippen LogP) is 8.42. The number of unbranched alkanes of at least 4 members (excludes halogenated alkanes) is 14. The molecular formula is C46H70N4O8S2. The Morgan fingerprint density at radius 2 is 1.00 bits per heavy atom. The molecule has 2 amide bonds. The zero-order chi connectivity index (χ0) is 43.6. The average molecular weight is 871 g/mol. The number of carbonyl (C=O) groups is 2. The average Bonchev–Trinajstić information content (AvgIpc) is 3.23. The fourth-order valence-electron chi connectivity index (χ4n) is 7.34. The highest BCUT2D eigenvalue weighted by molar-refractivity contribution is 7.89. The molecule has 0 fully saturated rings. The Kier molecular flexibility index (Phi) is 24.3. The molecule has 14 heteroatoms. The lowest BCUT2D eigenvalue weighted by atomic mass is 9.94. The number of rotatable bonds is 30. The zero-order valence-electron chi connectivity index (χ0n) is 35.9. The Balaban J connectivity index is 0.000000375. The quantitative estimate of drug-likeness (QED) is 0.0255. The molecule has 4 aromatic carbocycles. The SMILES string of the molecule is CC(CO)CC(=O)NCCCCCCCCCCN=S(=O)=O.CC(CO)CC(=O)NCCCCCCCCCCNS(=O)(=O)c1ccc2ccc3cccc4ccc1c2c34. The lowest BCUT2D eigenvalue weighted by Gasteiger charge is -2.14. The van der Waals surface area contributed by atoms with E-state index in [1.807, 2.05) is 38.1 Å². The Hall–Kier alpha value is -3.69. The lowest BCUT2D eigenvalue weighted by Crippen LogP contribution is -2.26. The Bertz CT molecular complexity index is 2090. The van der Waals surface area contributed by atoms with Gasteiger partial charge in [-0.25, -0.2) is 13.1 Å². The molecule has 60 heavy (non-hydrogen) atoms. The monoisotopic (exact) mass is 870 g/mol. The van der Waals surface area contributed by atoms with Crippen molar-refractivity contribution in [3.05, 3.63) is 54.6 Å². The summed E-state index contributed by atoms with van der Waals surface area (Å²) in [5.74, 6) is 0.0756. The van der Waals surface area contributed by atoms with Gasteiger partial charge in [-0.15, -0.1) is 0 Å². The van der Waals surface area contributed by atoms with Crippen molar-refractivity contribution in [2.75, 3.05) is 39.4 Å². The largest absolute Gasteiger partial charge is 0.396 e. The van der Waals surface area contributed by atoms with Crippen molar-refractivity contribution in [2.45, 2.75) is 134 Å². The highest BCUT2D eigenvalue weighted by Crippen LogP contribution is 2.37. The van der Waals surface area contributed by atoms with Crippen molar-refractivity contribution >= 4 is 64.7 Å². The van der Waals surface area contributed by atoms with E-state index < -0.39 is 20.5 Å². The number of hydrogen-bond acceptors (Lipinski definition) is 9. The van der Waals surface area contributed by atoms with Gasteiger partial charge in [0.25, 0.3) is 0 Å². The maximum absolute atomic E-state index is 13.2. The van der Waals surface area contributed by atoms with Crippen molar-refractivity contribution in [2.24, 2.45) is 16.2 Å². The summed E-state index contributed by atoms with van der Waals surface area (Å²) >= 11 is 0. The second kappa shape index (κ2) is 28.8. The van der Waals surface area contributed by atoms with Crippen LogP contribution in [-0.2, 0) is 30.1 Å². The van der Waals surface area contributed by atoms with E-state index in [1.165, 1.54) is 12.8 Å². The van der Waals surface area contributed by atoms with Crippen LogP contribution in [0.4, 0.5) is 0 Å². The molecule has 0 radical (unpaired) electrons. The molecule has 0 spiro atoms. The fraction of sp³-hybridized carbons (Fsp3) is 0.609. The van der Waals surface area contributed by atoms with Gasteiger partial charge in [0.2, 0.25) is 21.8 Å². The van der Waals surface area contributed by atoms with E-state index in [0.29, 0.717) is 43.9 Å². The number of carbonyl (C=O) groups excluding carboxylic acids is 2. The molecule has 2 atom stereocenters. The van der Waals surface area contributed by atoms with Gasteiger partial charge in [0.05, 0.1) is 11.4 Å². The molecular weight excluding hydrogens is 801 g/mol. The van der Waals surface area contributed by atoms with Crippen LogP contribution in [0.3, 0.4) is 0 Å². The van der Waals surface area contributed by atoms with Gasteiger partial charge in [-0.2, -0.15) is 12.8 Å². The number of amides is 2. The van der Waals surface area contributed by atoms with E-state index in [2.05, 4.69) is 44.0 Å². The Morgan fingerprint density at radius 3 is 1.48 bits per heavy atom. The first-order chi connectivity index (χ1) is 29.0. The second-order valence-electron chi connectivity index (χ2n) is 16.2. The van der Waals surface area contributed by atoms with E-state index >= 15 is 0 Å². The molecule has 0 saturated heterocycles. The van der Waals surface area contributed by atoms with Gasteiger partial charge in [-0.05, 0) is 70.5 Å². The lowest BCUT2D eigenvalue weighted by molar-refractivity contribution is -0.123. The molecule has 0 aliphatic heterocycles. The van der Waals surface area contributed by atoms with E-state index in [0.717, 1.165) is 122 Å². The Morgan fingerprint density at radius 1 is 0.583 bits per heavy atom. The van der Waals surface area contributed by atoms with Crippen LogP contribution in [0, 0.1) is 11.8 Å². The first kappa shape index (κ1) is 50.7. The van der Waals surface area contributed by atoms with E-state index in [-0.39, 0.29) is 36.9 Å². The van der Waals surface area contributed by atoms with Gasteiger partial charge in [0.1, 0.15) is 0 Å². The molecule has 5 N–H and O–H groups in total. The first-order valence-electron chi connectivity index (χ1n) is 22.1. The molecule has 4 aromatic rings. The van der Waals surface area contributed by atoms with Crippen LogP contribution in [0.1, 0.15) is 129 Å². The van der Waals surface area contributed by atoms with Crippen LogP contribution in [-0.4, -0.2) is 78.3 Å². The van der Waals surface area contributed by atoms with Crippen molar-refractivity contribution in [1.29, 1.82) is 0 Å². The molecule has 4 rings (SSSR count). The summed E-state index contributed by atoms with van der Waals surface area (Å²) in [7, 11) is -5.86. The summed E-state index contributed by atoms with van der Waals surface area (Å²) in [5.41, 5.74) is 0. The van der Waals surface area contributed by atoms with E-state index in [4.69, 9.17) is 10.2 Å². The molecule has 0 aliphatic carbocycles. The van der Waals surface area contributed by atoms with Crippen molar-refractivity contribution < 1.29 is 36.6 Å². The van der Waals surface area contributed by atoms with Gasteiger partial charge in [0, 0.05) is 51.1 Å². The van der Waals surface area contributed by atoms with E-state index in [9.17, 15) is 26.4 Å². The maximum atomic E-state index is 13.2. The highest BCUT2D eigenvalue weighted by atomic mass is 32.2. The van der Waals surface area contributed by atoms with Crippen LogP contribution in [0.15, 0.2) is 63.9 Å². The molecule has 0 bridgehead atoms. The third-order valence-corrected chi connectivity index (χ3v) is 12.7. The molecule has 0 aromatic heterocycles. The number of aliphatic hydroxyl groups excluding tert-OH is 2. The maximum Gasteiger partial charge on any atom is 0.311 e. The number of benzene rings is 4. The minimum Gasteiger partial charge on any atom is -0.396 e. The molecule has 334 valence electrons. The van der Waals surface area contributed by atoms with Crippen LogP contribution >= 0.6 is 0 Å². The van der Waals surface area contributed by atoms with Crippen molar-refractivity contribution in [1.82, 2.24) is 15.4 Å². The summed E-state index contributed by atoms with van der Waals surface area (Å²) in [5, 5.41) is 29.9. The fourth-order valence-corrected chi connectivity index (χ4v) is 8.89.